The molecule has 0 unspecified atom stereocenters. The van der Waals surface area contributed by atoms with E-state index in [2.05, 4.69) is 0 Å². The molecule has 1 aliphatic heterocycles. The first-order chi connectivity index (χ1) is 12.3. The van der Waals surface area contributed by atoms with Crippen LogP contribution >= 0.6 is 24.0 Å². The Bertz CT molecular complexity index is 945. The average Bonchev–Trinajstić information content (AvgIpc) is 3.03. The highest BCUT2D eigenvalue weighted by Gasteiger charge is 2.30. The van der Waals surface area contributed by atoms with Crippen molar-refractivity contribution in [1.29, 1.82) is 0 Å². The predicted molar refractivity (Wildman–Crippen MR) is 107 cm³/mol. The van der Waals surface area contributed by atoms with E-state index in [0.29, 0.717) is 15.8 Å². The van der Waals surface area contributed by atoms with E-state index in [4.69, 9.17) is 12.2 Å². The molecule has 1 aromatic heterocycles. The molecule has 0 radical (unpaired) electrons. The third-order valence-electron chi connectivity index (χ3n) is 4.27. The molecule has 6 nitrogen and oxygen atoms in total. The van der Waals surface area contributed by atoms with Gasteiger partial charge >= 0.3 is 0 Å². The maximum absolute atomic E-state index is 12.4. The number of likely N-dealkylation sites (N-methyl/N-ethyl adjacent to an activating group) is 1. The number of non-ortho nitro benzene ring substituents is 1. The van der Waals surface area contributed by atoms with Gasteiger partial charge in [-0.15, -0.1) is 0 Å². The number of thioether (sulfide) groups is 1. The summed E-state index contributed by atoms with van der Waals surface area (Å²) in [5, 5.41) is 10.8. The summed E-state index contributed by atoms with van der Waals surface area (Å²) < 4.78 is 2.59. The molecule has 1 fully saturated rings. The van der Waals surface area contributed by atoms with E-state index in [-0.39, 0.29) is 11.6 Å². The van der Waals surface area contributed by atoms with Crippen LogP contribution in [0.4, 0.5) is 5.69 Å². The van der Waals surface area contributed by atoms with Gasteiger partial charge in [0.1, 0.15) is 4.32 Å². The Morgan fingerprint density at radius 3 is 2.46 bits per heavy atom. The van der Waals surface area contributed by atoms with Gasteiger partial charge in [-0.3, -0.25) is 19.8 Å². The van der Waals surface area contributed by atoms with E-state index in [1.807, 2.05) is 37.5 Å². The largest absolute Gasteiger partial charge is 0.318 e. The molecule has 2 aromatic rings. The molecule has 3 rings (SSSR count). The number of aromatic nitrogens is 1. The summed E-state index contributed by atoms with van der Waals surface area (Å²) in [5.41, 5.74) is 3.76. The molecule has 8 heteroatoms. The highest BCUT2D eigenvalue weighted by atomic mass is 32.2. The number of hydrogen-bond donors (Lipinski definition) is 0. The zero-order valence-corrected chi connectivity index (χ0v) is 16.2. The number of rotatable bonds is 4. The molecule has 1 saturated heterocycles. The van der Waals surface area contributed by atoms with Gasteiger partial charge in [0.15, 0.2) is 0 Å². The number of carbonyl (C=O) groups is 1. The monoisotopic (exact) mass is 387 g/mol. The summed E-state index contributed by atoms with van der Waals surface area (Å²) in [7, 11) is 0. The molecule has 0 bridgehead atoms. The van der Waals surface area contributed by atoms with Crippen LogP contribution in [0.1, 0.15) is 23.9 Å². The lowest BCUT2D eigenvalue weighted by atomic mass is 10.2. The van der Waals surface area contributed by atoms with Gasteiger partial charge < -0.3 is 4.57 Å². The molecule has 1 aliphatic rings. The van der Waals surface area contributed by atoms with Crippen molar-refractivity contribution in [3.8, 4) is 5.69 Å². The van der Waals surface area contributed by atoms with Crippen LogP contribution in [0.3, 0.4) is 0 Å². The summed E-state index contributed by atoms with van der Waals surface area (Å²) in [6, 6.07) is 8.41. The molecular formula is C18H17N3O3S2. The van der Waals surface area contributed by atoms with Gasteiger partial charge in [0.25, 0.3) is 11.6 Å². The van der Waals surface area contributed by atoms with Crippen LogP contribution in [-0.2, 0) is 4.79 Å². The van der Waals surface area contributed by atoms with Crippen LogP contribution in [0.2, 0.25) is 0 Å². The van der Waals surface area contributed by atoms with Crippen molar-refractivity contribution in [1.82, 2.24) is 9.47 Å². The second-order valence-electron chi connectivity index (χ2n) is 5.86. The lowest BCUT2D eigenvalue weighted by molar-refractivity contribution is -0.384. The second kappa shape index (κ2) is 7.05. The SMILES string of the molecule is CCN1C(=O)/C(=C/c2cc(C)n(-c3ccc([N+](=O)[O-])cc3)c2C)SC1=S. The molecule has 134 valence electrons. The standard InChI is InChI=1S/C18H17N3O3S2/c1-4-19-17(22)16(26-18(19)25)10-13-9-11(2)20(12(13)3)14-5-7-15(8-6-14)21(23)24/h5-10H,4H2,1-3H3/b16-10-. The molecule has 0 saturated carbocycles. The Hall–Kier alpha value is -2.45. The molecule has 0 aliphatic carbocycles. The third kappa shape index (κ3) is 3.17. The Kier molecular flexibility index (Phi) is 4.97. The first-order valence-corrected chi connectivity index (χ1v) is 9.25. The van der Waals surface area contributed by atoms with Gasteiger partial charge in [-0.2, -0.15) is 0 Å². The fourth-order valence-corrected chi connectivity index (χ4v) is 4.34. The van der Waals surface area contributed by atoms with Gasteiger partial charge in [0, 0.05) is 35.8 Å². The predicted octanol–water partition coefficient (Wildman–Crippen LogP) is 4.22. The number of nitrogens with zero attached hydrogens (tertiary/aromatic N) is 3. The van der Waals surface area contributed by atoms with E-state index in [1.54, 1.807) is 17.0 Å². The fourth-order valence-electron chi connectivity index (χ4n) is 2.97. The molecule has 0 spiro atoms. The van der Waals surface area contributed by atoms with Crippen molar-refractivity contribution in [2.75, 3.05) is 6.54 Å². The zero-order valence-electron chi connectivity index (χ0n) is 14.6. The highest BCUT2D eigenvalue weighted by Crippen LogP contribution is 2.33. The van der Waals surface area contributed by atoms with Gasteiger partial charge in [0.2, 0.25) is 0 Å². The van der Waals surface area contributed by atoms with Gasteiger partial charge in [-0.05, 0) is 50.6 Å². The number of hydrogen-bond acceptors (Lipinski definition) is 5. The molecular weight excluding hydrogens is 370 g/mol. The Balaban J connectivity index is 1.99. The van der Waals surface area contributed by atoms with E-state index >= 15 is 0 Å². The van der Waals surface area contributed by atoms with Gasteiger partial charge in [-0.1, -0.05) is 24.0 Å². The quantitative estimate of drug-likeness (QED) is 0.340. The second-order valence-corrected chi connectivity index (χ2v) is 7.54. The number of nitro groups is 1. The Morgan fingerprint density at radius 1 is 1.27 bits per heavy atom. The first kappa shape index (κ1) is 18.3. The molecule has 0 atom stereocenters. The summed E-state index contributed by atoms with van der Waals surface area (Å²) in [5.74, 6) is -0.0670. The number of nitro benzene ring substituents is 1. The van der Waals surface area contributed by atoms with Crippen molar-refractivity contribution >= 4 is 46.0 Å². The summed E-state index contributed by atoms with van der Waals surface area (Å²) >= 11 is 6.56. The fraction of sp³-hybridized carbons (Fsp3) is 0.222. The minimum Gasteiger partial charge on any atom is -0.318 e. The van der Waals surface area contributed by atoms with Crippen LogP contribution in [-0.4, -0.2) is 31.2 Å². The average molecular weight is 387 g/mol. The smallest absolute Gasteiger partial charge is 0.269 e. The number of amides is 1. The normalized spacial score (nSPS) is 16.0. The van der Waals surface area contributed by atoms with E-state index in [9.17, 15) is 14.9 Å². The molecule has 2 heterocycles. The first-order valence-electron chi connectivity index (χ1n) is 8.02. The maximum Gasteiger partial charge on any atom is 0.269 e. The van der Waals surface area contributed by atoms with Crippen molar-refractivity contribution in [2.45, 2.75) is 20.8 Å². The lowest BCUT2D eigenvalue weighted by Crippen LogP contribution is -2.27. The van der Waals surface area contributed by atoms with Crippen molar-refractivity contribution in [3.63, 3.8) is 0 Å². The van der Waals surface area contributed by atoms with Crippen molar-refractivity contribution in [2.24, 2.45) is 0 Å². The van der Waals surface area contributed by atoms with Crippen LogP contribution in [0.15, 0.2) is 35.2 Å². The number of thiocarbonyl (C=S) groups is 1. The van der Waals surface area contributed by atoms with E-state index in [0.717, 1.165) is 22.6 Å². The summed E-state index contributed by atoms with van der Waals surface area (Å²) in [6.07, 6.45) is 1.86. The third-order valence-corrected chi connectivity index (χ3v) is 5.64. The molecule has 1 aromatic carbocycles. The van der Waals surface area contributed by atoms with Crippen LogP contribution in [0.5, 0.6) is 0 Å². The summed E-state index contributed by atoms with van der Waals surface area (Å²) in [6.45, 7) is 6.38. The molecule has 0 N–H and O–H groups in total. The zero-order chi connectivity index (χ0) is 19.0. The van der Waals surface area contributed by atoms with Crippen LogP contribution < -0.4 is 0 Å². The Morgan fingerprint density at radius 2 is 1.92 bits per heavy atom. The van der Waals surface area contributed by atoms with Crippen LogP contribution in [0.25, 0.3) is 11.8 Å². The highest BCUT2D eigenvalue weighted by molar-refractivity contribution is 8.26. The minimum atomic E-state index is -0.416. The summed E-state index contributed by atoms with van der Waals surface area (Å²) in [4.78, 5) is 25.0. The number of benzene rings is 1. The topological polar surface area (TPSA) is 68.4 Å². The van der Waals surface area contributed by atoms with Crippen molar-refractivity contribution < 1.29 is 9.72 Å². The number of aryl methyl sites for hydroxylation is 1. The Labute approximate surface area is 160 Å². The van der Waals surface area contributed by atoms with Gasteiger partial charge in [0.05, 0.1) is 9.83 Å². The lowest BCUT2D eigenvalue weighted by Gasteiger charge is -2.10. The van der Waals surface area contributed by atoms with E-state index in [1.165, 1.54) is 23.9 Å². The van der Waals surface area contributed by atoms with E-state index < -0.39 is 4.92 Å². The van der Waals surface area contributed by atoms with Crippen LogP contribution in [0, 0.1) is 24.0 Å². The molecule has 1 amide bonds. The minimum absolute atomic E-state index is 0.0553. The molecule has 26 heavy (non-hydrogen) atoms. The van der Waals surface area contributed by atoms with Gasteiger partial charge in [-0.25, -0.2) is 0 Å². The number of carbonyl (C=O) groups excluding carboxylic acids is 1. The van der Waals surface area contributed by atoms with Crippen molar-refractivity contribution in [3.05, 3.63) is 62.3 Å². The maximum atomic E-state index is 12.4.